The van der Waals surface area contributed by atoms with E-state index in [1.54, 1.807) is 0 Å². The molecule has 0 aromatic heterocycles. The van der Waals surface area contributed by atoms with E-state index >= 15 is 0 Å². The SMILES string of the molecule is Cc1ccc([S@@](=O)CC(=O)C(C)C)cc1. The van der Waals surface area contributed by atoms with Crippen molar-refractivity contribution in [3.05, 3.63) is 29.8 Å². The molecule has 0 aliphatic rings. The lowest BCUT2D eigenvalue weighted by molar-refractivity contribution is -0.119. The van der Waals surface area contributed by atoms with Crippen molar-refractivity contribution in [1.82, 2.24) is 0 Å². The van der Waals surface area contributed by atoms with E-state index in [4.69, 9.17) is 0 Å². The first-order valence-corrected chi connectivity index (χ1v) is 6.30. The molecule has 1 aromatic carbocycles. The number of rotatable bonds is 4. The second-order valence-corrected chi connectivity index (χ2v) is 5.38. The molecule has 1 atom stereocenters. The highest BCUT2D eigenvalue weighted by molar-refractivity contribution is 7.85. The summed E-state index contributed by atoms with van der Waals surface area (Å²) >= 11 is 0. The summed E-state index contributed by atoms with van der Waals surface area (Å²) in [4.78, 5) is 12.1. The van der Waals surface area contributed by atoms with Crippen LogP contribution in [0.3, 0.4) is 0 Å². The van der Waals surface area contributed by atoms with Crippen molar-refractivity contribution in [1.29, 1.82) is 0 Å². The van der Waals surface area contributed by atoms with Crippen molar-refractivity contribution in [3.8, 4) is 0 Å². The molecule has 0 saturated heterocycles. The Morgan fingerprint density at radius 1 is 1.27 bits per heavy atom. The Balaban J connectivity index is 2.69. The molecule has 3 heteroatoms. The number of carbonyl (C=O) groups excluding carboxylic acids is 1. The van der Waals surface area contributed by atoms with Crippen LogP contribution in [0.15, 0.2) is 29.2 Å². The summed E-state index contributed by atoms with van der Waals surface area (Å²) in [6.07, 6.45) is 0. The van der Waals surface area contributed by atoms with Gasteiger partial charge in [-0.2, -0.15) is 0 Å². The third-order valence-corrected chi connectivity index (χ3v) is 3.55. The van der Waals surface area contributed by atoms with Gasteiger partial charge in [-0.05, 0) is 19.1 Å². The van der Waals surface area contributed by atoms with Crippen LogP contribution in [0, 0.1) is 12.8 Å². The van der Waals surface area contributed by atoms with E-state index in [1.807, 2.05) is 45.0 Å². The Labute approximate surface area is 93.2 Å². The molecule has 2 nitrogen and oxygen atoms in total. The van der Waals surface area contributed by atoms with Gasteiger partial charge in [0.05, 0.1) is 16.6 Å². The lowest BCUT2D eigenvalue weighted by Crippen LogP contribution is -2.16. The second-order valence-electron chi connectivity index (χ2n) is 3.92. The van der Waals surface area contributed by atoms with E-state index in [-0.39, 0.29) is 17.5 Å². The van der Waals surface area contributed by atoms with Crippen LogP contribution in [0.4, 0.5) is 0 Å². The fraction of sp³-hybridized carbons (Fsp3) is 0.417. The first-order chi connectivity index (χ1) is 7.00. The van der Waals surface area contributed by atoms with Crippen molar-refractivity contribution in [3.63, 3.8) is 0 Å². The van der Waals surface area contributed by atoms with Crippen LogP contribution in [-0.2, 0) is 15.6 Å². The molecule has 0 aliphatic heterocycles. The van der Waals surface area contributed by atoms with Gasteiger partial charge >= 0.3 is 0 Å². The van der Waals surface area contributed by atoms with Crippen molar-refractivity contribution in [2.24, 2.45) is 5.92 Å². The van der Waals surface area contributed by atoms with Crippen molar-refractivity contribution in [2.75, 3.05) is 5.75 Å². The molecule has 1 rings (SSSR count). The molecule has 0 radical (unpaired) electrons. The van der Waals surface area contributed by atoms with Gasteiger partial charge in [0.15, 0.2) is 0 Å². The predicted molar refractivity (Wildman–Crippen MR) is 62.3 cm³/mol. The Bertz CT molecular complexity index is 366. The van der Waals surface area contributed by atoms with Crippen molar-refractivity contribution >= 4 is 16.6 Å². The van der Waals surface area contributed by atoms with E-state index in [2.05, 4.69) is 0 Å². The van der Waals surface area contributed by atoms with Crippen LogP contribution in [0.2, 0.25) is 0 Å². The maximum absolute atomic E-state index is 11.8. The van der Waals surface area contributed by atoms with Gasteiger partial charge in [0, 0.05) is 10.8 Å². The van der Waals surface area contributed by atoms with Crippen LogP contribution in [0.25, 0.3) is 0 Å². The number of carbonyl (C=O) groups is 1. The highest BCUT2D eigenvalue weighted by Crippen LogP contribution is 2.09. The first kappa shape index (κ1) is 12.1. The summed E-state index contributed by atoms with van der Waals surface area (Å²) in [5.74, 6) is 0.133. The molecule has 82 valence electrons. The number of Topliss-reactive ketones (excluding diaryl/α,β-unsaturated/α-hetero) is 1. The largest absolute Gasteiger partial charge is 0.298 e. The van der Waals surface area contributed by atoms with Gasteiger partial charge in [-0.15, -0.1) is 0 Å². The molecule has 0 aliphatic carbocycles. The summed E-state index contributed by atoms with van der Waals surface area (Å²) in [6.45, 7) is 5.63. The number of benzene rings is 1. The molecule has 0 unspecified atom stereocenters. The number of hydrogen-bond donors (Lipinski definition) is 0. The summed E-state index contributed by atoms with van der Waals surface area (Å²) in [5, 5.41) is 0. The zero-order chi connectivity index (χ0) is 11.4. The van der Waals surface area contributed by atoms with E-state index in [0.29, 0.717) is 0 Å². The minimum absolute atomic E-state index is 0.0422. The Morgan fingerprint density at radius 2 is 1.80 bits per heavy atom. The van der Waals surface area contributed by atoms with Gasteiger partial charge in [0.25, 0.3) is 0 Å². The molecular weight excluding hydrogens is 208 g/mol. The molecule has 0 saturated carbocycles. The average Bonchev–Trinajstić information content (AvgIpc) is 2.18. The van der Waals surface area contributed by atoms with Crippen LogP contribution in [0.5, 0.6) is 0 Å². The molecule has 0 spiro atoms. The fourth-order valence-electron chi connectivity index (χ4n) is 1.07. The highest BCUT2D eigenvalue weighted by Gasteiger charge is 2.12. The number of ketones is 1. The highest BCUT2D eigenvalue weighted by atomic mass is 32.2. The van der Waals surface area contributed by atoms with Gasteiger partial charge in [-0.25, -0.2) is 0 Å². The predicted octanol–water partition coefficient (Wildman–Crippen LogP) is 2.33. The standard InChI is InChI=1S/C12H16O2S/c1-9(2)12(13)8-15(14)11-6-4-10(3)5-7-11/h4-7,9H,8H2,1-3H3/t15-/m0/s1. The van der Waals surface area contributed by atoms with E-state index in [0.717, 1.165) is 10.5 Å². The quantitative estimate of drug-likeness (QED) is 0.786. The van der Waals surface area contributed by atoms with Gasteiger partial charge in [-0.3, -0.25) is 9.00 Å². The second kappa shape index (κ2) is 5.21. The van der Waals surface area contributed by atoms with Crippen molar-refractivity contribution < 1.29 is 9.00 Å². The summed E-state index contributed by atoms with van der Waals surface area (Å²) in [6, 6.07) is 7.46. The molecule has 0 amide bonds. The summed E-state index contributed by atoms with van der Waals surface area (Å²) < 4.78 is 11.8. The van der Waals surface area contributed by atoms with Gasteiger partial charge < -0.3 is 0 Å². The van der Waals surface area contributed by atoms with Crippen LogP contribution < -0.4 is 0 Å². The molecule has 0 N–H and O–H groups in total. The van der Waals surface area contributed by atoms with Crippen LogP contribution >= 0.6 is 0 Å². The molecule has 0 heterocycles. The minimum Gasteiger partial charge on any atom is -0.298 e. The van der Waals surface area contributed by atoms with Gasteiger partial charge in [0.2, 0.25) is 0 Å². The summed E-state index contributed by atoms with van der Waals surface area (Å²) in [7, 11) is -1.19. The zero-order valence-corrected chi connectivity index (χ0v) is 10.1. The molecular formula is C12H16O2S. The van der Waals surface area contributed by atoms with E-state index in [1.165, 1.54) is 0 Å². The third-order valence-electron chi connectivity index (χ3n) is 2.20. The van der Waals surface area contributed by atoms with Gasteiger partial charge in [-0.1, -0.05) is 31.5 Å². The zero-order valence-electron chi connectivity index (χ0n) is 9.32. The smallest absolute Gasteiger partial charge is 0.148 e. The lowest BCUT2D eigenvalue weighted by atomic mass is 10.1. The number of hydrogen-bond acceptors (Lipinski definition) is 2. The Hall–Kier alpha value is -0.960. The maximum atomic E-state index is 11.8. The Morgan fingerprint density at radius 3 is 2.27 bits per heavy atom. The first-order valence-electron chi connectivity index (χ1n) is 4.98. The lowest BCUT2D eigenvalue weighted by Gasteiger charge is -2.04. The molecule has 0 fully saturated rings. The molecule has 15 heavy (non-hydrogen) atoms. The maximum Gasteiger partial charge on any atom is 0.148 e. The van der Waals surface area contributed by atoms with Crippen LogP contribution in [0.1, 0.15) is 19.4 Å². The van der Waals surface area contributed by atoms with E-state index in [9.17, 15) is 9.00 Å². The molecule has 1 aromatic rings. The normalized spacial score (nSPS) is 12.8. The van der Waals surface area contributed by atoms with Crippen molar-refractivity contribution in [2.45, 2.75) is 25.7 Å². The topological polar surface area (TPSA) is 34.1 Å². The monoisotopic (exact) mass is 224 g/mol. The third kappa shape index (κ3) is 3.59. The summed E-state index contributed by atoms with van der Waals surface area (Å²) in [5.41, 5.74) is 1.13. The van der Waals surface area contributed by atoms with Gasteiger partial charge in [0.1, 0.15) is 5.78 Å². The van der Waals surface area contributed by atoms with E-state index < -0.39 is 10.8 Å². The van der Waals surface area contributed by atoms with Crippen LogP contribution in [-0.4, -0.2) is 15.7 Å². The minimum atomic E-state index is -1.19. The average molecular weight is 224 g/mol. The molecule has 0 bridgehead atoms. The Kier molecular flexibility index (Phi) is 4.21. The fourth-order valence-corrected chi connectivity index (χ4v) is 2.27. The number of aryl methyl sites for hydroxylation is 1.